The third-order valence-electron chi connectivity index (χ3n) is 5.35. The summed E-state index contributed by atoms with van der Waals surface area (Å²) < 4.78 is 35.6. The van der Waals surface area contributed by atoms with E-state index >= 15 is 0 Å². The topological polar surface area (TPSA) is 122 Å². The predicted octanol–water partition coefficient (Wildman–Crippen LogP) is 3.76. The van der Waals surface area contributed by atoms with Gasteiger partial charge in [-0.25, -0.2) is 4.98 Å². The SMILES string of the molecule is CC(C)N(C(C)C)S(=O)(=O)N[C@@](C)(Cc1ccc(Oc2nccc3cnccc23)cc1)C(=O)O. The molecule has 2 N–H and O–H groups in total. The Labute approximate surface area is 200 Å². The molecule has 0 fully saturated rings. The molecular formula is C24H30N4O5S. The van der Waals surface area contributed by atoms with E-state index in [1.54, 1.807) is 70.6 Å². The maximum atomic E-state index is 13.0. The summed E-state index contributed by atoms with van der Waals surface area (Å²) in [5.74, 6) is -0.320. The molecular weight excluding hydrogens is 456 g/mol. The van der Waals surface area contributed by atoms with Crippen LogP contribution in [0.1, 0.15) is 40.2 Å². The lowest BCUT2D eigenvalue weighted by Crippen LogP contribution is -2.59. The first-order chi connectivity index (χ1) is 15.9. The van der Waals surface area contributed by atoms with Gasteiger partial charge >= 0.3 is 5.97 Å². The van der Waals surface area contributed by atoms with Gasteiger partial charge in [-0.2, -0.15) is 17.4 Å². The fraction of sp³-hybridized carbons (Fsp3) is 0.375. The van der Waals surface area contributed by atoms with Gasteiger partial charge in [-0.1, -0.05) is 12.1 Å². The van der Waals surface area contributed by atoms with Gasteiger partial charge < -0.3 is 9.84 Å². The molecule has 9 nitrogen and oxygen atoms in total. The molecule has 0 bridgehead atoms. The van der Waals surface area contributed by atoms with E-state index in [-0.39, 0.29) is 18.5 Å². The van der Waals surface area contributed by atoms with Crippen LogP contribution in [0.2, 0.25) is 0 Å². The maximum absolute atomic E-state index is 13.0. The highest BCUT2D eigenvalue weighted by atomic mass is 32.2. The van der Waals surface area contributed by atoms with Crippen molar-refractivity contribution in [3.8, 4) is 11.6 Å². The molecule has 0 saturated heterocycles. The number of nitrogens with zero attached hydrogens (tertiary/aromatic N) is 3. The minimum absolute atomic E-state index is 0.0515. The van der Waals surface area contributed by atoms with Crippen molar-refractivity contribution in [2.75, 3.05) is 0 Å². The number of carbonyl (C=O) groups is 1. The van der Waals surface area contributed by atoms with E-state index in [9.17, 15) is 18.3 Å². The Hall–Kier alpha value is -3.08. The molecule has 3 rings (SSSR count). The molecule has 2 aromatic heterocycles. The number of ether oxygens (including phenoxy) is 1. The summed E-state index contributed by atoms with van der Waals surface area (Å²) in [6.07, 6.45) is 4.97. The first kappa shape index (κ1) is 25.5. The Morgan fingerprint density at radius 1 is 1.09 bits per heavy atom. The van der Waals surface area contributed by atoms with E-state index in [4.69, 9.17) is 4.74 Å². The van der Waals surface area contributed by atoms with E-state index in [0.717, 1.165) is 10.8 Å². The minimum Gasteiger partial charge on any atom is -0.480 e. The summed E-state index contributed by atoms with van der Waals surface area (Å²) >= 11 is 0. The Morgan fingerprint density at radius 3 is 2.32 bits per heavy atom. The quantitative estimate of drug-likeness (QED) is 0.447. The smallest absolute Gasteiger partial charge is 0.324 e. The molecule has 2 heterocycles. The van der Waals surface area contributed by atoms with Gasteiger partial charge in [-0.05, 0) is 64.4 Å². The number of carboxylic acid groups (broad SMARTS) is 1. The number of fused-ring (bicyclic) bond motifs is 1. The van der Waals surface area contributed by atoms with Crippen molar-refractivity contribution in [3.63, 3.8) is 0 Å². The third kappa shape index (κ3) is 5.69. The zero-order valence-corrected chi connectivity index (χ0v) is 20.7. The van der Waals surface area contributed by atoms with Gasteiger partial charge in [0.1, 0.15) is 11.3 Å². The van der Waals surface area contributed by atoms with E-state index in [1.165, 1.54) is 11.2 Å². The summed E-state index contributed by atoms with van der Waals surface area (Å²) in [7, 11) is -4.05. The highest BCUT2D eigenvalue weighted by Crippen LogP contribution is 2.28. The van der Waals surface area contributed by atoms with Crippen molar-refractivity contribution in [1.29, 1.82) is 0 Å². The van der Waals surface area contributed by atoms with Gasteiger partial charge in [0.25, 0.3) is 10.2 Å². The summed E-state index contributed by atoms with van der Waals surface area (Å²) in [6, 6.07) is 9.81. The number of pyridine rings is 2. The van der Waals surface area contributed by atoms with Crippen LogP contribution in [-0.2, 0) is 21.4 Å². The second-order valence-electron chi connectivity index (χ2n) is 8.90. The molecule has 34 heavy (non-hydrogen) atoms. The first-order valence-corrected chi connectivity index (χ1v) is 12.4. The minimum atomic E-state index is -4.05. The zero-order chi connectivity index (χ0) is 25.1. The van der Waals surface area contributed by atoms with Gasteiger partial charge in [0, 0.05) is 47.9 Å². The standard InChI is InChI=1S/C24H30N4O5S/c1-16(2)28(17(3)4)34(31,32)27-24(5,23(29)30)14-18-6-8-20(9-7-18)33-22-21-11-12-25-15-19(21)10-13-26-22/h6-13,15-17,27H,14H2,1-5H3,(H,29,30)/t24-/m0/s1. The molecule has 0 aliphatic heterocycles. The summed E-state index contributed by atoms with van der Waals surface area (Å²) in [4.78, 5) is 20.5. The van der Waals surface area contributed by atoms with Crippen molar-refractivity contribution in [3.05, 3.63) is 60.6 Å². The molecule has 0 spiro atoms. The zero-order valence-electron chi connectivity index (χ0n) is 19.9. The van der Waals surface area contributed by atoms with Crippen LogP contribution in [0, 0.1) is 0 Å². The van der Waals surface area contributed by atoms with Crippen molar-refractivity contribution >= 4 is 27.0 Å². The lowest BCUT2D eigenvalue weighted by molar-refractivity contribution is -0.143. The maximum Gasteiger partial charge on any atom is 0.324 e. The lowest BCUT2D eigenvalue weighted by atomic mass is 9.94. The van der Waals surface area contributed by atoms with Crippen molar-refractivity contribution in [2.45, 2.75) is 58.7 Å². The molecule has 182 valence electrons. The average molecular weight is 487 g/mol. The molecule has 0 unspecified atom stereocenters. The Morgan fingerprint density at radius 2 is 1.74 bits per heavy atom. The normalized spacial score (nSPS) is 14.0. The molecule has 0 amide bonds. The molecule has 0 radical (unpaired) electrons. The van der Waals surface area contributed by atoms with E-state index < -0.39 is 21.7 Å². The molecule has 3 aromatic rings. The Bertz CT molecular complexity index is 1250. The Kier molecular flexibility index (Phi) is 7.54. The van der Waals surface area contributed by atoms with Crippen LogP contribution in [0.15, 0.2) is 55.0 Å². The monoisotopic (exact) mass is 486 g/mol. The molecule has 0 aliphatic rings. The number of aromatic nitrogens is 2. The Balaban J connectivity index is 1.80. The van der Waals surface area contributed by atoms with Gasteiger partial charge in [0.2, 0.25) is 5.88 Å². The summed E-state index contributed by atoms with van der Waals surface area (Å²) in [5.41, 5.74) is -1.11. The van der Waals surface area contributed by atoms with Crippen LogP contribution in [0.25, 0.3) is 10.8 Å². The number of benzene rings is 1. The number of aliphatic carboxylic acids is 1. The number of hydrogen-bond donors (Lipinski definition) is 2. The first-order valence-electron chi connectivity index (χ1n) is 10.9. The highest BCUT2D eigenvalue weighted by Gasteiger charge is 2.41. The van der Waals surface area contributed by atoms with Gasteiger partial charge in [-0.15, -0.1) is 0 Å². The average Bonchev–Trinajstić information content (AvgIpc) is 2.74. The van der Waals surface area contributed by atoms with Crippen LogP contribution < -0.4 is 9.46 Å². The highest BCUT2D eigenvalue weighted by molar-refractivity contribution is 7.87. The number of nitrogens with one attached hydrogen (secondary N) is 1. The second kappa shape index (κ2) is 10.0. The van der Waals surface area contributed by atoms with Gasteiger partial charge in [-0.3, -0.25) is 9.78 Å². The van der Waals surface area contributed by atoms with Gasteiger partial charge in [0.15, 0.2) is 0 Å². The molecule has 1 aromatic carbocycles. The summed E-state index contributed by atoms with van der Waals surface area (Å²) in [6.45, 7) is 8.35. The van der Waals surface area contributed by atoms with Crippen LogP contribution in [0.5, 0.6) is 11.6 Å². The fourth-order valence-corrected chi connectivity index (χ4v) is 5.85. The summed E-state index contributed by atoms with van der Waals surface area (Å²) in [5, 5.41) is 11.6. The van der Waals surface area contributed by atoms with E-state index in [1.807, 2.05) is 12.1 Å². The van der Waals surface area contributed by atoms with Crippen molar-refractivity contribution in [1.82, 2.24) is 19.0 Å². The van der Waals surface area contributed by atoms with E-state index in [2.05, 4.69) is 14.7 Å². The van der Waals surface area contributed by atoms with E-state index in [0.29, 0.717) is 17.2 Å². The third-order valence-corrected chi connectivity index (χ3v) is 7.45. The number of hydrogen-bond acceptors (Lipinski definition) is 6. The van der Waals surface area contributed by atoms with Crippen LogP contribution in [0.4, 0.5) is 0 Å². The van der Waals surface area contributed by atoms with Crippen LogP contribution in [-0.4, -0.2) is 51.4 Å². The molecule has 0 saturated carbocycles. The molecule has 1 atom stereocenters. The lowest BCUT2D eigenvalue weighted by Gasteiger charge is -2.34. The van der Waals surface area contributed by atoms with Crippen LogP contribution >= 0.6 is 0 Å². The van der Waals surface area contributed by atoms with Crippen molar-refractivity contribution in [2.24, 2.45) is 0 Å². The van der Waals surface area contributed by atoms with Crippen LogP contribution in [0.3, 0.4) is 0 Å². The van der Waals surface area contributed by atoms with Crippen molar-refractivity contribution < 1.29 is 23.1 Å². The molecule has 0 aliphatic carbocycles. The number of carboxylic acids is 1. The predicted molar refractivity (Wildman–Crippen MR) is 130 cm³/mol. The fourth-order valence-electron chi connectivity index (χ4n) is 3.91. The second-order valence-corrected chi connectivity index (χ2v) is 10.5. The number of rotatable bonds is 10. The van der Waals surface area contributed by atoms with Gasteiger partial charge in [0.05, 0.1) is 0 Å². The largest absolute Gasteiger partial charge is 0.480 e. The molecule has 10 heteroatoms.